The van der Waals surface area contributed by atoms with Gasteiger partial charge >= 0.3 is 5.97 Å². The third-order valence-electron chi connectivity index (χ3n) is 5.54. The summed E-state index contributed by atoms with van der Waals surface area (Å²) in [5.41, 5.74) is 0. The molecular weight excluding hydrogens is 336 g/mol. The maximum atomic E-state index is 11.0. The lowest BCUT2D eigenvalue weighted by Crippen LogP contribution is -2.06. The maximum Gasteiger partial charge on any atom is 0.305 e. The average Bonchev–Trinajstić information content (AvgIpc) is 2.67. The van der Waals surface area contributed by atoms with Gasteiger partial charge in [-0.1, -0.05) is 110 Å². The van der Waals surface area contributed by atoms with E-state index in [0.29, 0.717) is 6.42 Å². The number of hydrogen-bond acceptors (Lipinski definition) is 3. The van der Waals surface area contributed by atoms with Crippen molar-refractivity contribution < 1.29 is 14.6 Å². The van der Waals surface area contributed by atoms with Crippen LogP contribution in [0.2, 0.25) is 0 Å². The van der Waals surface area contributed by atoms with Gasteiger partial charge in [-0.3, -0.25) is 4.79 Å². The highest BCUT2D eigenvalue weighted by Crippen LogP contribution is 2.15. The molecule has 0 aromatic carbocycles. The number of esters is 1. The lowest BCUT2D eigenvalue weighted by molar-refractivity contribution is -0.140. The van der Waals surface area contributed by atoms with E-state index in [4.69, 9.17) is 0 Å². The van der Waals surface area contributed by atoms with E-state index in [-0.39, 0.29) is 12.1 Å². The van der Waals surface area contributed by atoms with Crippen LogP contribution in [-0.2, 0) is 9.53 Å². The summed E-state index contributed by atoms with van der Waals surface area (Å²) in [4.78, 5) is 11.0. The zero-order valence-corrected chi connectivity index (χ0v) is 18.5. The molecule has 0 aliphatic heterocycles. The smallest absolute Gasteiger partial charge is 0.305 e. The average molecular weight is 385 g/mol. The molecule has 0 amide bonds. The van der Waals surface area contributed by atoms with E-state index in [1.165, 1.54) is 90.6 Å². The first kappa shape index (κ1) is 26.4. The summed E-state index contributed by atoms with van der Waals surface area (Å²) in [5, 5.41) is 10.0. The summed E-state index contributed by atoms with van der Waals surface area (Å²) in [6.45, 7) is 2.28. The fraction of sp³-hybridized carbons (Fsp3) is 0.958. The van der Waals surface area contributed by atoms with Gasteiger partial charge in [0.2, 0.25) is 0 Å². The van der Waals surface area contributed by atoms with Gasteiger partial charge in [-0.05, 0) is 19.3 Å². The van der Waals surface area contributed by atoms with Gasteiger partial charge in [-0.2, -0.15) is 0 Å². The number of ether oxygens (including phenoxy) is 1. The monoisotopic (exact) mass is 384 g/mol. The van der Waals surface area contributed by atoms with E-state index < -0.39 is 0 Å². The molecule has 162 valence electrons. The summed E-state index contributed by atoms with van der Waals surface area (Å²) in [7, 11) is 1.43. The van der Waals surface area contributed by atoms with Crippen molar-refractivity contribution in [3.8, 4) is 0 Å². The lowest BCUT2D eigenvalue weighted by Gasteiger charge is -2.10. The number of aliphatic hydroxyl groups is 1. The molecule has 0 saturated carbocycles. The van der Waals surface area contributed by atoms with Crippen LogP contribution in [0.5, 0.6) is 0 Å². The van der Waals surface area contributed by atoms with E-state index in [0.717, 1.165) is 38.5 Å². The first-order chi connectivity index (χ1) is 13.2. The largest absolute Gasteiger partial charge is 0.469 e. The summed E-state index contributed by atoms with van der Waals surface area (Å²) in [6, 6.07) is 0. The topological polar surface area (TPSA) is 46.5 Å². The minimum Gasteiger partial charge on any atom is -0.469 e. The standard InChI is InChI=1S/C24H48O3/c1-3-4-5-6-7-8-9-10-11-12-13-14-15-17-20-23(25)21-18-16-19-22-24(26)27-2/h23,25H,3-22H2,1-2H3. The van der Waals surface area contributed by atoms with Crippen LogP contribution >= 0.6 is 0 Å². The van der Waals surface area contributed by atoms with Crippen LogP contribution in [0.4, 0.5) is 0 Å². The molecule has 0 saturated heterocycles. The molecule has 0 heterocycles. The SMILES string of the molecule is CCCCCCCCCCCCCCCCC(O)CCCCCC(=O)OC. The van der Waals surface area contributed by atoms with E-state index >= 15 is 0 Å². The van der Waals surface area contributed by atoms with Gasteiger partial charge in [0.15, 0.2) is 0 Å². The summed E-state index contributed by atoms with van der Waals surface area (Å²) in [6.07, 6.45) is 24.3. The van der Waals surface area contributed by atoms with Gasteiger partial charge in [-0.15, -0.1) is 0 Å². The molecule has 3 heteroatoms. The predicted octanol–water partition coefficient (Wildman–Crippen LogP) is 7.34. The van der Waals surface area contributed by atoms with E-state index in [1.54, 1.807) is 0 Å². The van der Waals surface area contributed by atoms with Gasteiger partial charge in [0.25, 0.3) is 0 Å². The Kier molecular flexibility index (Phi) is 21.3. The molecule has 1 N–H and O–H groups in total. The maximum absolute atomic E-state index is 11.0. The molecule has 0 fully saturated rings. The number of aliphatic hydroxyl groups excluding tert-OH is 1. The van der Waals surface area contributed by atoms with Gasteiger partial charge in [0, 0.05) is 6.42 Å². The lowest BCUT2D eigenvalue weighted by atomic mass is 10.0. The van der Waals surface area contributed by atoms with Crippen LogP contribution in [0, 0.1) is 0 Å². The Bertz CT molecular complexity index is 304. The van der Waals surface area contributed by atoms with E-state index in [9.17, 15) is 9.90 Å². The van der Waals surface area contributed by atoms with Gasteiger partial charge in [0.1, 0.15) is 0 Å². The molecule has 3 nitrogen and oxygen atoms in total. The fourth-order valence-corrected chi connectivity index (χ4v) is 3.65. The molecule has 0 aliphatic rings. The number of rotatable bonds is 21. The second-order valence-corrected chi connectivity index (χ2v) is 8.21. The molecule has 1 atom stereocenters. The van der Waals surface area contributed by atoms with Crippen molar-refractivity contribution in [3.05, 3.63) is 0 Å². The van der Waals surface area contributed by atoms with Crippen LogP contribution in [0.25, 0.3) is 0 Å². The highest BCUT2D eigenvalue weighted by Gasteiger charge is 2.05. The number of methoxy groups -OCH3 is 1. The van der Waals surface area contributed by atoms with Crippen molar-refractivity contribution in [1.29, 1.82) is 0 Å². The molecule has 1 unspecified atom stereocenters. The molecule has 0 radical (unpaired) electrons. The Hall–Kier alpha value is -0.570. The molecule has 0 rings (SSSR count). The second-order valence-electron chi connectivity index (χ2n) is 8.21. The number of unbranched alkanes of at least 4 members (excludes halogenated alkanes) is 15. The molecule has 27 heavy (non-hydrogen) atoms. The third kappa shape index (κ3) is 21.6. The normalized spacial score (nSPS) is 12.3. The summed E-state index contributed by atoms with van der Waals surface area (Å²) in [5.74, 6) is -0.127. The van der Waals surface area contributed by atoms with Crippen molar-refractivity contribution in [3.63, 3.8) is 0 Å². The Morgan fingerprint density at radius 2 is 1.04 bits per heavy atom. The summed E-state index contributed by atoms with van der Waals surface area (Å²) < 4.78 is 4.62. The van der Waals surface area contributed by atoms with Crippen LogP contribution < -0.4 is 0 Å². The molecular formula is C24H48O3. The fourth-order valence-electron chi connectivity index (χ4n) is 3.65. The molecule has 0 spiro atoms. The quantitative estimate of drug-likeness (QED) is 0.166. The van der Waals surface area contributed by atoms with Gasteiger partial charge in [-0.25, -0.2) is 0 Å². The van der Waals surface area contributed by atoms with Gasteiger partial charge in [0.05, 0.1) is 13.2 Å². The number of carbonyl (C=O) groups is 1. The highest BCUT2D eigenvalue weighted by molar-refractivity contribution is 5.68. The molecule has 0 aliphatic carbocycles. The Balaban J connectivity index is 3.15. The van der Waals surface area contributed by atoms with E-state index in [2.05, 4.69) is 11.7 Å². The Morgan fingerprint density at radius 1 is 0.667 bits per heavy atom. The number of carbonyl (C=O) groups excluding carboxylic acids is 1. The zero-order chi connectivity index (χ0) is 20.0. The Labute approximate surface area is 169 Å². The van der Waals surface area contributed by atoms with Crippen LogP contribution in [0.3, 0.4) is 0 Å². The molecule has 0 aromatic rings. The Morgan fingerprint density at radius 3 is 1.44 bits per heavy atom. The van der Waals surface area contributed by atoms with Crippen LogP contribution in [-0.4, -0.2) is 24.3 Å². The number of hydrogen-bond donors (Lipinski definition) is 1. The minimum atomic E-state index is -0.152. The first-order valence-electron chi connectivity index (χ1n) is 12.0. The highest BCUT2D eigenvalue weighted by atomic mass is 16.5. The van der Waals surface area contributed by atoms with E-state index in [1.807, 2.05) is 0 Å². The van der Waals surface area contributed by atoms with Crippen molar-refractivity contribution in [2.45, 2.75) is 141 Å². The zero-order valence-electron chi connectivity index (χ0n) is 18.5. The molecule has 0 bridgehead atoms. The van der Waals surface area contributed by atoms with Crippen molar-refractivity contribution in [2.75, 3.05) is 7.11 Å². The summed E-state index contributed by atoms with van der Waals surface area (Å²) >= 11 is 0. The van der Waals surface area contributed by atoms with Crippen molar-refractivity contribution in [1.82, 2.24) is 0 Å². The first-order valence-corrected chi connectivity index (χ1v) is 12.0. The second kappa shape index (κ2) is 21.7. The van der Waals surface area contributed by atoms with Crippen molar-refractivity contribution >= 4 is 5.97 Å². The minimum absolute atomic E-state index is 0.127. The van der Waals surface area contributed by atoms with Crippen molar-refractivity contribution in [2.24, 2.45) is 0 Å². The third-order valence-corrected chi connectivity index (χ3v) is 5.54. The van der Waals surface area contributed by atoms with Gasteiger partial charge < -0.3 is 9.84 Å². The van der Waals surface area contributed by atoms with Crippen LogP contribution in [0.1, 0.15) is 135 Å². The predicted molar refractivity (Wildman–Crippen MR) is 116 cm³/mol. The molecule has 0 aromatic heterocycles. The van der Waals surface area contributed by atoms with Crippen LogP contribution in [0.15, 0.2) is 0 Å².